The zero-order chi connectivity index (χ0) is 31.5. The number of thioether (sulfide) groups is 1. The summed E-state index contributed by atoms with van der Waals surface area (Å²) in [7, 11) is 0. The topological polar surface area (TPSA) is 186 Å². The third-order valence-electron chi connectivity index (χ3n) is 7.14. The number of para-hydroxylation sites is 1. The van der Waals surface area contributed by atoms with Crippen LogP contribution in [0.5, 0.6) is 0 Å². The van der Waals surface area contributed by atoms with Crippen LogP contribution in [0.2, 0.25) is 0 Å². The maximum Gasteiger partial charge on any atom is 1.00 e. The summed E-state index contributed by atoms with van der Waals surface area (Å²) in [6, 6.07) is 12.1. The number of nitrogens with one attached hydrogen (secondary N) is 2. The first-order valence-electron chi connectivity index (χ1n) is 13.4. The molecule has 0 aromatic heterocycles. The second-order valence-corrected chi connectivity index (χ2v) is 11.1. The number of hydrogen-bond donors (Lipinski definition) is 2. The van der Waals surface area contributed by atoms with E-state index in [1.807, 2.05) is 0 Å². The van der Waals surface area contributed by atoms with Gasteiger partial charge in [-0.2, -0.15) is 0 Å². The van der Waals surface area contributed by atoms with Gasteiger partial charge in [-0.15, -0.1) is 11.8 Å². The SMILES string of the molecule is CC(=O)OCC1=C(C(=O)[O-])N2C(=O)C(NC(=O)Cc3ccccc3NC(=O)N3CCN(C(=O)c4ccccc4)C3=O)[C@H]2SC1.[Na+]. The summed E-state index contributed by atoms with van der Waals surface area (Å²) in [5, 5.41) is 16.3. The predicted molar refractivity (Wildman–Crippen MR) is 152 cm³/mol. The summed E-state index contributed by atoms with van der Waals surface area (Å²) in [5.74, 6) is -3.79. The van der Waals surface area contributed by atoms with Crippen LogP contribution in [0.3, 0.4) is 0 Å². The summed E-state index contributed by atoms with van der Waals surface area (Å²) in [5.41, 5.74) is 0.793. The molecule has 14 nitrogen and oxygen atoms in total. The number of β-lactam (4-membered cyclic amide) rings is 1. The van der Waals surface area contributed by atoms with E-state index in [-0.39, 0.29) is 78.4 Å². The number of imide groups is 2. The van der Waals surface area contributed by atoms with Gasteiger partial charge in [0, 0.05) is 36.0 Å². The minimum Gasteiger partial charge on any atom is -0.543 e. The molecule has 2 atom stereocenters. The van der Waals surface area contributed by atoms with Crippen LogP contribution in [0.25, 0.3) is 0 Å². The minimum absolute atomic E-state index is 0. The Labute approximate surface area is 283 Å². The number of carboxylic acid groups (broad SMARTS) is 1. The van der Waals surface area contributed by atoms with Crippen molar-refractivity contribution in [2.24, 2.45) is 0 Å². The van der Waals surface area contributed by atoms with Gasteiger partial charge in [0.1, 0.15) is 18.0 Å². The zero-order valence-corrected chi connectivity index (χ0v) is 27.1. The largest absolute Gasteiger partial charge is 1.00 e. The fraction of sp³-hybridized carbons (Fsp3) is 0.276. The number of urea groups is 2. The number of carboxylic acids is 1. The van der Waals surface area contributed by atoms with Crippen molar-refractivity contribution in [3.63, 3.8) is 0 Å². The van der Waals surface area contributed by atoms with Crippen LogP contribution in [-0.2, 0) is 30.3 Å². The van der Waals surface area contributed by atoms with Gasteiger partial charge in [0.2, 0.25) is 5.91 Å². The van der Waals surface area contributed by atoms with Crippen molar-refractivity contribution in [1.82, 2.24) is 20.0 Å². The number of carbonyl (C=O) groups excluding carboxylic acids is 7. The standard InChI is InChI=1S/C29H27N5O9S.Na/c1-16(35)43-14-19-15-44-26-22(25(38)34(26)23(19)27(39)40)31-21(36)13-18-9-5-6-10-20(18)30-28(41)33-12-11-32(29(33)42)24(37)17-7-3-2-4-8-17;/h2-10,22,26H,11-15H2,1H3,(H,30,41)(H,31,36)(H,39,40);/q;+1/p-1/t22?,26-;/m1./s1. The normalized spacial score (nSPS) is 18.8. The number of esters is 1. The van der Waals surface area contributed by atoms with E-state index in [9.17, 15) is 38.7 Å². The van der Waals surface area contributed by atoms with E-state index < -0.39 is 53.1 Å². The van der Waals surface area contributed by atoms with Crippen molar-refractivity contribution in [2.45, 2.75) is 24.8 Å². The van der Waals surface area contributed by atoms with Crippen molar-refractivity contribution < 1.29 is 73.0 Å². The molecule has 3 aliphatic rings. The number of hydrogen-bond acceptors (Lipinski definition) is 10. The molecule has 0 radical (unpaired) electrons. The maximum absolute atomic E-state index is 13.0. The first-order valence-corrected chi connectivity index (χ1v) is 14.5. The van der Waals surface area contributed by atoms with Gasteiger partial charge < -0.3 is 25.3 Å². The maximum atomic E-state index is 13.0. The summed E-state index contributed by atoms with van der Waals surface area (Å²) in [6.07, 6.45) is -0.245. The zero-order valence-electron chi connectivity index (χ0n) is 24.3. The van der Waals surface area contributed by atoms with Gasteiger partial charge in [0.15, 0.2) is 0 Å². The fourth-order valence-electron chi connectivity index (χ4n) is 5.00. The molecule has 0 saturated carbocycles. The molecule has 1 unspecified atom stereocenters. The average molecular weight is 644 g/mol. The summed E-state index contributed by atoms with van der Waals surface area (Å²) < 4.78 is 4.90. The first kappa shape index (κ1) is 33.7. The smallest absolute Gasteiger partial charge is 0.543 e. The Kier molecular flexibility index (Phi) is 10.7. The van der Waals surface area contributed by atoms with Crippen LogP contribution in [0.4, 0.5) is 15.3 Å². The number of aliphatic carboxylic acids is 1. The van der Waals surface area contributed by atoms with E-state index >= 15 is 0 Å². The number of ether oxygens (including phenoxy) is 1. The van der Waals surface area contributed by atoms with Crippen LogP contribution in [0.1, 0.15) is 22.8 Å². The Balaban J connectivity index is 0.00000461. The van der Waals surface area contributed by atoms with Gasteiger partial charge in [0.25, 0.3) is 11.8 Å². The molecule has 2 fully saturated rings. The van der Waals surface area contributed by atoms with Crippen molar-refractivity contribution in [3.05, 3.63) is 77.0 Å². The molecule has 3 aliphatic heterocycles. The monoisotopic (exact) mass is 643 g/mol. The first-order chi connectivity index (χ1) is 21.1. The molecule has 45 heavy (non-hydrogen) atoms. The molecule has 0 aliphatic carbocycles. The Bertz CT molecular complexity index is 1600. The fourth-order valence-corrected chi connectivity index (χ4v) is 6.33. The number of nitrogens with zero attached hydrogens (tertiary/aromatic N) is 3. The molecule has 0 bridgehead atoms. The summed E-state index contributed by atoms with van der Waals surface area (Å²) in [6.45, 7) is 0.884. The molecule has 2 aromatic rings. The number of fused-ring (bicyclic) bond motifs is 1. The number of rotatable bonds is 8. The van der Waals surface area contributed by atoms with Gasteiger partial charge >= 0.3 is 47.6 Å². The molecule has 7 amide bonds. The van der Waals surface area contributed by atoms with Crippen molar-refractivity contribution in [2.75, 3.05) is 30.8 Å². The molecular formula is C29H26N5NaO9S. The Hall–Kier alpha value is -4.18. The van der Waals surface area contributed by atoms with E-state index in [0.29, 0.717) is 11.1 Å². The third-order valence-corrected chi connectivity index (χ3v) is 8.48. The average Bonchev–Trinajstić information content (AvgIpc) is 3.40. The Morgan fingerprint density at radius 3 is 2.33 bits per heavy atom. The molecule has 2 saturated heterocycles. The molecule has 3 heterocycles. The van der Waals surface area contributed by atoms with Crippen LogP contribution < -0.4 is 45.3 Å². The molecule has 0 spiro atoms. The Morgan fingerprint density at radius 2 is 1.64 bits per heavy atom. The van der Waals surface area contributed by atoms with Crippen LogP contribution in [0.15, 0.2) is 65.9 Å². The van der Waals surface area contributed by atoms with Gasteiger partial charge in [-0.25, -0.2) is 14.5 Å². The number of carbonyl (C=O) groups is 7. The van der Waals surface area contributed by atoms with Crippen molar-refractivity contribution in [1.29, 1.82) is 0 Å². The van der Waals surface area contributed by atoms with Crippen molar-refractivity contribution in [3.8, 4) is 0 Å². The molecular weight excluding hydrogens is 617 g/mol. The molecule has 5 rings (SSSR count). The quantitative estimate of drug-likeness (QED) is 0.174. The van der Waals surface area contributed by atoms with Gasteiger partial charge in [-0.05, 0) is 23.8 Å². The predicted octanol–water partition coefficient (Wildman–Crippen LogP) is -2.69. The summed E-state index contributed by atoms with van der Waals surface area (Å²) in [4.78, 5) is 90.3. The number of amides is 7. The van der Waals surface area contributed by atoms with Crippen LogP contribution in [0, 0.1) is 0 Å². The second-order valence-electron chi connectivity index (χ2n) is 10.00. The van der Waals surface area contributed by atoms with E-state index in [1.165, 1.54) is 18.7 Å². The third kappa shape index (κ3) is 7.06. The number of anilines is 1. The van der Waals surface area contributed by atoms with Gasteiger partial charge in [-0.1, -0.05) is 36.4 Å². The minimum atomic E-state index is -1.59. The van der Waals surface area contributed by atoms with E-state index in [1.54, 1.807) is 54.6 Å². The van der Waals surface area contributed by atoms with Crippen molar-refractivity contribution >= 4 is 59.2 Å². The molecule has 228 valence electrons. The molecule has 2 aromatic carbocycles. The summed E-state index contributed by atoms with van der Waals surface area (Å²) >= 11 is 1.21. The Morgan fingerprint density at radius 1 is 0.978 bits per heavy atom. The van der Waals surface area contributed by atoms with E-state index in [0.717, 1.165) is 14.7 Å². The van der Waals surface area contributed by atoms with Crippen LogP contribution in [-0.4, -0.2) is 93.3 Å². The second kappa shape index (κ2) is 14.3. The van der Waals surface area contributed by atoms with Gasteiger partial charge in [-0.3, -0.25) is 29.0 Å². The molecule has 2 N–H and O–H groups in total. The molecule has 16 heteroatoms. The van der Waals surface area contributed by atoms with Gasteiger partial charge in [0.05, 0.1) is 24.6 Å². The van der Waals surface area contributed by atoms with E-state index in [2.05, 4.69) is 10.6 Å². The van der Waals surface area contributed by atoms with Crippen LogP contribution >= 0.6 is 11.8 Å². The number of benzene rings is 2. The van der Waals surface area contributed by atoms with E-state index in [4.69, 9.17) is 4.74 Å².